The van der Waals surface area contributed by atoms with Crippen LogP contribution >= 0.6 is 0 Å². The van der Waals surface area contributed by atoms with Gasteiger partial charge in [0, 0.05) is 6.07 Å². The molecule has 4 rings (SSSR count). The van der Waals surface area contributed by atoms with E-state index in [1.165, 1.54) is 6.07 Å². The number of aryl methyl sites for hydroxylation is 1. The summed E-state index contributed by atoms with van der Waals surface area (Å²) in [6.07, 6.45) is 0.279. The third-order valence-corrected chi connectivity index (χ3v) is 4.79. The molecule has 28 heavy (non-hydrogen) atoms. The smallest absolute Gasteiger partial charge is 0.339 e. The molecular formula is C23H21NO4. The summed E-state index contributed by atoms with van der Waals surface area (Å²) in [6, 6.07) is 21.3. The molecule has 1 amide bonds. The van der Waals surface area contributed by atoms with Crippen LogP contribution in [-0.2, 0) is 11.2 Å². The fraction of sp³-hybridized carbons (Fsp3) is 0.217. The number of benzene rings is 2. The summed E-state index contributed by atoms with van der Waals surface area (Å²) in [5.41, 5.74) is 2.86. The van der Waals surface area contributed by atoms with Gasteiger partial charge in [0.25, 0.3) is 0 Å². The van der Waals surface area contributed by atoms with Crippen LogP contribution < -0.4 is 10.4 Å². The summed E-state index contributed by atoms with van der Waals surface area (Å²) in [5, 5.41) is 0. The van der Waals surface area contributed by atoms with E-state index in [1.807, 2.05) is 42.5 Å². The van der Waals surface area contributed by atoms with Crippen molar-refractivity contribution >= 4 is 5.91 Å². The van der Waals surface area contributed by atoms with E-state index in [1.54, 1.807) is 17.9 Å². The highest BCUT2D eigenvalue weighted by Crippen LogP contribution is 2.21. The number of likely N-dealkylation sites (tertiary alicyclic amines) is 1. The van der Waals surface area contributed by atoms with Gasteiger partial charge in [-0.1, -0.05) is 54.6 Å². The quantitative estimate of drug-likeness (QED) is 0.685. The zero-order valence-corrected chi connectivity index (χ0v) is 15.6. The van der Waals surface area contributed by atoms with Crippen LogP contribution in [0, 0.1) is 6.92 Å². The van der Waals surface area contributed by atoms with E-state index in [2.05, 4.69) is 12.1 Å². The van der Waals surface area contributed by atoms with Crippen molar-refractivity contribution < 1.29 is 13.9 Å². The van der Waals surface area contributed by atoms with Gasteiger partial charge in [-0.3, -0.25) is 4.79 Å². The van der Waals surface area contributed by atoms with Gasteiger partial charge < -0.3 is 14.1 Å². The van der Waals surface area contributed by atoms with E-state index in [0.717, 1.165) is 16.7 Å². The van der Waals surface area contributed by atoms with Gasteiger partial charge in [0.1, 0.15) is 17.6 Å². The van der Waals surface area contributed by atoms with Gasteiger partial charge >= 0.3 is 5.63 Å². The molecule has 5 nitrogen and oxygen atoms in total. The lowest BCUT2D eigenvalue weighted by Gasteiger charge is -2.39. The Labute approximate surface area is 163 Å². The summed E-state index contributed by atoms with van der Waals surface area (Å²) >= 11 is 0. The highest BCUT2D eigenvalue weighted by molar-refractivity contribution is 5.80. The number of rotatable bonds is 5. The summed E-state index contributed by atoms with van der Waals surface area (Å²) < 4.78 is 10.7. The SMILES string of the molecule is Cc1cc(OC2CN(C(=O)Cc3ccc(-c4ccccc4)cc3)C2)cc(=O)o1. The molecule has 5 heteroatoms. The minimum Gasteiger partial charge on any atom is -0.486 e. The van der Waals surface area contributed by atoms with E-state index < -0.39 is 5.63 Å². The van der Waals surface area contributed by atoms with Crippen LogP contribution in [0.2, 0.25) is 0 Å². The largest absolute Gasteiger partial charge is 0.486 e. The van der Waals surface area contributed by atoms with E-state index in [-0.39, 0.29) is 12.0 Å². The van der Waals surface area contributed by atoms with Crippen molar-refractivity contribution in [3.63, 3.8) is 0 Å². The average Bonchev–Trinajstić information content (AvgIpc) is 2.65. The van der Waals surface area contributed by atoms with E-state index >= 15 is 0 Å². The minimum atomic E-state index is -0.429. The highest BCUT2D eigenvalue weighted by atomic mass is 16.5. The molecular weight excluding hydrogens is 354 g/mol. The standard InChI is InChI=1S/C23H21NO4/c1-16-11-20(13-23(26)27-16)28-21-14-24(15-21)22(25)12-17-7-9-19(10-8-17)18-5-3-2-4-6-18/h2-11,13,21H,12,14-15H2,1H3. The number of nitrogens with zero attached hydrogens (tertiary/aromatic N) is 1. The topological polar surface area (TPSA) is 59.8 Å². The molecule has 0 atom stereocenters. The molecule has 1 aliphatic rings. The molecule has 0 N–H and O–H groups in total. The molecule has 1 fully saturated rings. The van der Waals surface area contributed by atoms with Crippen LogP contribution in [-0.4, -0.2) is 30.0 Å². The monoisotopic (exact) mass is 375 g/mol. The Hall–Kier alpha value is -3.34. The van der Waals surface area contributed by atoms with Gasteiger partial charge in [-0.05, 0) is 23.6 Å². The van der Waals surface area contributed by atoms with Crippen LogP contribution in [0.15, 0.2) is 75.9 Å². The van der Waals surface area contributed by atoms with Crippen LogP contribution in [0.1, 0.15) is 11.3 Å². The molecule has 1 aliphatic heterocycles. The molecule has 2 heterocycles. The van der Waals surface area contributed by atoms with Crippen molar-refractivity contribution in [2.24, 2.45) is 0 Å². The summed E-state index contributed by atoms with van der Waals surface area (Å²) in [4.78, 5) is 25.6. The Balaban J connectivity index is 1.30. The zero-order valence-electron chi connectivity index (χ0n) is 15.6. The van der Waals surface area contributed by atoms with Crippen molar-refractivity contribution in [3.8, 4) is 16.9 Å². The number of amides is 1. The second-order valence-corrected chi connectivity index (χ2v) is 7.00. The van der Waals surface area contributed by atoms with Gasteiger partial charge in [0.15, 0.2) is 0 Å². The van der Waals surface area contributed by atoms with E-state index in [0.29, 0.717) is 31.0 Å². The summed E-state index contributed by atoms with van der Waals surface area (Å²) in [5.74, 6) is 1.08. The van der Waals surface area contributed by atoms with E-state index in [9.17, 15) is 9.59 Å². The molecule has 0 aliphatic carbocycles. The lowest BCUT2D eigenvalue weighted by molar-refractivity contribution is -0.139. The van der Waals surface area contributed by atoms with Gasteiger partial charge in [-0.25, -0.2) is 4.79 Å². The number of ether oxygens (including phenoxy) is 1. The highest BCUT2D eigenvalue weighted by Gasteiger charge is 2.32. The number of hydrogen-bond donors (Lipinski definition) is 0. The fourth-order valence-electron chi connectivity index (χ4n) is 3.28. The molecule has 142 valence electrons. The number of carbonyl (C=O) groups is 1. The van der Waals surface area contributed by atoms with Crippen molar-refractivity contribution in [1.82, 2.24) is 4.90 Å². The molecule has 0 saturated carbocycles. The summed E-state index contributed by atoms with van der Waals surface area (Å²) in [7, 11) is 0. The van der Waals surface area contributed by atoms with E-state index in [4.69, 9.17) is 9.15 Å². The van der Waals surface area contributed by atoms with Gasteiger partial charge in [-0.2, -0.15) is 0 Å². The molecule has 2 aromatic carbocycles. The lowest BCUT2D eigenvalue weighted by atomic mass is 10.0. The Morgan fingerprint density at radius 1 is 1.04 bits per heavy atom. The van der Waals surface area contributed by atoms with Gasteiger partial charge in [0.2, 0.25) is 5.91 Å². The number of hydrogen-bond acceptors (Lipinski definition) is 4. The molecule has 1 saturated heterocycles. The molecule has 1 aromatic heterocycles. The Morgan fingerprint density at radius 3 is 2.39 bits per heavy atom. The minimum absolute atomic E-state index is 0.0797. The third-order valence-electron chi connectivity index (χ3n) is 4.79. The first-order valence-corrected chi connectivity index (χ1v) is 9.27. The molecule has 0 bridgehead atoms. The Morgan fingerprint density at radius 2 is 1.71 bits per heavy atom. The normalized spacial score (nSPS) is 13.8. The predicted octanol–water partition coefficient (Wildman–Crippen LogP) is 3.45. The molecule has 0 spiro atoms. The van der Waals surface area contributed by atoms with Crippen LogP contribution in [0.5, 0.6) is 5.75 Å². The molecule has 0 radical (unpaired) electrons. The Kier molecular flexibility index (Phi) is 4.98. The first-order valence-electron chi connectivity index (χ1n) is 9.27. The van der Waals surface area contributed by atoms with Crippen molar-refractivity contribution in [2.45, 2.75) is 19.4 Å². The van der Waals surface area contributed by atoms with Crippen molar-refractivity contribution in [2.75, 3.05) is 13.1 Å². The zero-order chi connectivity index (χ0) is 19.5. The predicted molar refractivity (Wildman–Crippen MR) is 106 cm³/mol. The average molecular weight is 375 g/mol. The van der Waals surface area contributed by atoms with Gasteiger partial charge in [-0.15, -0.1) is 0 Å². The molecule has 0 unspecified atom stereocenters. The maximum Gasteiger partial charge on any atom is 0.339 e. The van der Waals surface area contributed by atoms with Crippen LogP contribution in [0.25, 0.3) is 11.1 Å². The number of carbonyl (C=O) groups excluding carboxylic acids is 1. The maximum absolute atomic E-state index is 12.5. The van der Waals surface area contributed by atoms with Crippen molar-refractivity contribution in [1.29, 1.82) is 0 Å². The second-order valence-electron chi connectivity index (χ2n) is 7.00. The van der Waals surface area contributed by atoms with Crippen molar-refractivity contribution in [3.05, 3.63) is 88.5 Å². The molecule has 3 aromatic rings. The second kappa shape index (κ2) is 7.72. The van der Waals surface area contributed by atoms with Crippen LogP contribution in [0.3, 0.4) is 0 Å². The van der Waals surface area contributed by atoms with Crippen LogP contribution in [0.4, 0.5) is 0 Å². The summed E-state index contributed by atoms with van der Waals surface area (Å²) in [6.45, 7) is 2.76. The Bertz CT molecular complexity index is 1020. The lowest BCUT2D eigenvalue weighted by Crippen LogP contribution is -2.56. The maximum atomic E-state index is 12.5. The first-order chi connectivity index (χ1) is 13.6. The first kappa shape index (κ1) is 18.0. The fourth-order valence-corrected chi connectivity index (χ4v) is 3.28. The third kappa shape index (κ3) is 4.14. The van der Waals surface area contributed by atoms with Gasteiger partial charge in [0.05, 0.1) is 25.6 Å².